The summed E-state index contributed by atoms with van der Waals surface area (Å²) in [4.78, 5) is 29.6. The van der Waals surface area contributed by atoms with Gasteiger partial charge in [0.2, 0.25) is 5.78 Å². The van der Waals surface area contributed by atoms with Crippen LogP contribution in [0.5, 0.6) is 11.5 Å². The highest BCUT2D eigenvalue weighted by Crippen LogP contribution is 2.30. The summed E-state index contributed by atoms with van der Waals surface area (Å²) < 4.78 is 16.2. The number of nitrogens with one attached hydrogen (secondary N) is 1. The quantitative estimate of drug-likeness (QED) is 0.341. The Morgan fingerprint density at radius 1 is 0.839 bits per heavy atom. The zero-order chi connectivity index (χ0) is 21.8. The molecule has 0 aliphatic heterocycles. The van der Waals surface area contributed by atoms with E-state index in [-0.39, 0.29) is 11.3 Å². The molecule has 0 bridgehead atoms. The number of H-pyrrole nitrogens is 1. The van der Waals surface area contributed by atoms with Crippen molar-refractivity contribution in [1.29, 1.82) is 0 Å². The lowest BCUT2D eigenvalue weighted by atomic mass is 9.99. The lowest BCUT2D eigenvalue weighted by Crippen LogP contribution is -2.20. The lowest BCUT2D eigenvalue weighted by Gasteiger charge is -2.18. The number of esters is 1. The number of Topliss-reactive ketones (excluding diaryl/α,β-unsaturated/α-hetero) is 1. The number of fused-ring (bicyclic) bond motifs is 1. The van der Waals surface area contributed by atoms with Gasteiger partial charge in [-0.15, -0.1) is 0 Å². The van der Waals surface area contributed by atoms with Crippen LogP contribution in [0, 0.1) is 0 Å². The summed E-state index contributed by atoms with van der Waals surface area (Å²) in [6.07, 6.45) is 0.532. The average Bonchev–Trinajstić information content (AvgIpc) is 3.26. The van der Waals surface area contributed by atoms with Crippen molar-refractivity contribution < 1.29 is 23.8 Å². The number of hydrogen-bond acceptors (Lipinski definition) is 5. The number of hydrogen-bond donors (Lipinski definition) is 1. The van der Waals surface area contributed by atoms with E-state index >= 15 is 0 Å². The standard InChI is InChI=1S/C25H21NO5/c1-29-17-12-13-19(22(14-17)30-2)25(28)31-24(16-8-4-3-5-9-16)23(27)20-15-26-21-11-7-6-10-18(20)21/h3-15,24,26H,1-2H3. The minimum atomic E-state index is -1.11. The van der Waals surface area contributed by atoms with E-state index in [1.165, 1.54) is 14.2 Å². The first-order valence-corrected chi connectivity index (χ1v) is 9.70. The van der Waals surface area contributed by atoms with E-state index in [1.807, 2.05) is 30.3 Å². The van der Waals surface area contributed by atoms with Crippen LogP contribution >= 0.6 is 0 Å². The van der Waals surface area contributed by atoms with Gasteiger partial charge in [0, 0.05) is 34.3 Å². The van der Waals surface area contributed by atoms with Crippen LogP contribution in [0.25, 0.3) is 10.9 Å². The minimum Gasteiger partial charge on any atom is -0.497 e. The first-order valence-electron chi connectivity index (χ1n) is 9.70. The van der Waals surface area contributed by atoms with Gasteiger partial charge in [-0.05, 0) is 18.2 Å². The molecular weight excluding hydrogens is 394 g/mol. The van der Waals surface area contributed by atoms with Gasteiger partial charge < -0.3 is 19.2 Å². The van der Waals surface area contributed by atoms with Crippen LogP contribution < -0.4 is 9.47 Å². The number of aromatic amines is 1. The number of carbonyl (C=O) groups is 2. The van der Waals surface area contributed by atoms with Crippen molar-refractivity contribution >= 4 is 22.7 Å². The van der Waals surface area contributed by atoms with Gasteiger partial charge >= 0.3 is 5.97 Å². The maximum Gasteiger partial charge on any atom is 0.342 e. The number of carbonyl (C=O) groups excluding carboxylic acids is 2. The fraction of sp³-hybridized carbons (Fsp3) is 0.120. The van der Waals surface area contributed by atoms with E-state index in [0.29, 0.717) is 22.6 Å². The first-order chi connectivity index (χ1) is 15.1. The van der Waals surface area contributed by atoms with Gasteiger partial charge in [-0.2, -0.15) is 0 Å². The molecule has 1 heterocycles. The molecule has 4 rings (SSSR count). The molecule has 4 aromatic rings. The molecule has 156 valence electrons. The molecule has 0 aliphatic carbocycles. The van der Waals surface area contributed by atoms with Gasteiger partial charge in [-0.3, -0.25) is 4.79 Å². The molecule has 0 fully saturated rings. The normalized spacial score (nSPS) is 11.7. The van der Waals surface area contributed by atoms with Crippen LogP contribution in [-0.4, -0.2) is 31.0 Å². The van der Waals surface area contributed by atoms with Crippen molar-refractivity contribution in [2.75, 3.05) is 14.2 Å². The topological polar surface area (TPSA) is 77.6 Å². The lowest BCUT2D eigenvalue weighted by molar-refractivity contribution is 0.0277. The maximum atomic E-state index is 13.5. The van der Waals surface area contributed by atoms with Crippen LogP contribution in [0.2, 0.25) is 0 Å². The maximum absolute atomic E-state index is 13.5. The van der Waals surface area contributed by atoms with Gasteiger partial charge in [-0.1, -0.05) is 48.5 Å². The van der Waals surface area contributed by atoms with Gasteiger partial charge in [0.1, 0.15) is 17.1 Å². The molecule has 0 aliphatic rings. The molecule has 0 spiro atoms. The molecular formula is C25H21NO5. The molecule has 0 saturated carbocycles. The van der Waals surface area contributed by atoms with Crippen LogP contribution in [0.3, 0.4) is 0 Å². The summed E-state index contributed by atoms with van der Waals surface area (Å²) in [7, 11) is 2.98. The highest BCUT2D eigenvalue weighted by atomic mass is 16.5. The van der Waals surface area contributed by atoms with E-state index in [1.54, 1.807) is 48.7 Å². The van der Waals surface area contributed by atoms with E-state index in [9.17, 15) is 9.59 Å². The third-order valence-electron chi connectivity index (χ3n) is 5.05. The van der Waals surface area contributed by atoms with Gasteiger partial charge in [0.05, 0.1) is 14.2 Å². The average molecular weight is 415 g/mol. The van der Waals surface area contributed by atoms with Gasteiger partial charge in [-0.25, -0.2) is 4.79 Å². The highest BCUT2D eigenvalue weighted by Gasteiger charge is 2.29. The smallest absolute Gasteiger partial charge is 0.342 e. The predicted molar refractivity (Wildman–Crippen MR) is 117 cm³/mol. The Labute approximate surface area is 179 Å². The second-order valence-electron chi connectivity index (χ2n) is 6.87. The molecule has 0 amide bonds. The van der Waals surface area contributed by atoms with Crippen LogP contribution in [-0.2, 0) is 4.74 Å². The Balaban J connectivity index is 1.71. The Morgan fingerprint density at radius 3 is 2.32 bits per heavy atom. The summed E-state index contributed by atoms with van der Waals surface area (Å²) >= 11 is 0. The summed E-state index contributed by atoms with van der Waals surface area (Å²) in [5.41, 5.74) is 2.08. The zero-order valence-electron chi connectivity index (χ0n) is 17.1. The summed E-state index contributed by atoms with van der Waals surface area (Å²) in [6.45, 7) is 0. The van der Waals surface area contributed by atoms with Crippen LogP contribution in [0.15, 0.2) is 79.0 Å². The monoisotopic (exact) mass is 415 g/mol. The van der Waals surface area contributed by atoms with E-state index in [4.69, 9.17) is 14.2 Å². The second kappa shape index (κ2) is 8.75. The second-order valence-corrected chi connectivity index (χ2v) is 6.87. The van der Waals surface area contributed by atoms with Gasteiger partial charge in [0.25, 0.3) is 0 Å². The highest BCUT2D eigenvalue weighted by molar-refractivity contribution is 6.11. The SMILES string of the molecule is COc1ccc(C(=O)OC(C(=O)c2c[nH]c3ccccc23)c2ccccc2)c(OC)c1. The number of para-hydroxylation sites is 1. The minimum absolute atomic E-state index is 0.205. The number of ketones is 1. The number of methoxy groups -OCH3 is 2. The first kappa shape index (κ1) is 20.2. The summed E-state index contributed by atoms with van der Waals surface area (Å²) in [5, 5.41) is 0.770. The third kappa shape index (κ3) is 4.00. The van der Waals surface area contributed by atoms with Crippen molar-refractivity contribution in [3.63, 3.8) is 0 Å². The molecule has 31 heavy (non-hydrogen) atoms. The number of benzene rings is 3. The summed E-state index contributed by atoms with van der Waals surface area (Å²) in [5.74, 6) is -0.135. The van der Waals surface area contributed by atoms with Crippen LogP contribution in [0.4, 0.5) is 0 Å². The van der Waals surface area contributed by atoms with Crippen molar-refractivity contribution in [2.45, 2.75) is 6.10 Å². The Kier molecular flexibility index (Phi) is 5.71. The fourth-order valence-corrected chi connectivity index (χ4v) is 3.46. The van der Waals surface area contributed by atoms with Crippen molar-refractivity contribution in [3.05, 3.63) is 95.7 Å². The molecule has 1 unspecified atom stereocenters. The predicted octanol–water partition coefficient (Wildman–Crippen LogP) is 4.97. The Hall–Kier alpha value is -4.06. The van der Waals surface area contributed by atoms with Crippen molar-refractivity contribution in [3.8, 4) is 11.5 Å². The third-order valence-corrected chi connectivity index (χ3v) is 5.05. The largest absolute Gasteiger partial charge is 0.497 e. The molecule has 0 saturated heterocycles. The fourth-order valence-electron chi connectivity index (χ4n) is 3.46. The molecule has 6 nitrogen and oxygen atoms in total. The molecule has 0 radical (unpaired) electrons. The Morgan fingerprint density at radius 2 is 1.58 bits per heavy atom. The number of aromatic nitrogens is 1. The molecule has 3 aromatic carbocycles. The number of ether oxygens (including phenoxy) is 3. The molecule has 1 N–H and O–H groups in total. The van der Waals surface area contributed by atoms with E-state index in [0.717, 1.165) is 10.9 Å². The molecule has 1 atom stereocenters. The van der Waals surface area contributed by atoms with E-state index < -0.39 is 12.1 Å². The van der Waals surface area contributed by atoms with Crippen LogP contribution in [0.1, 0.15) is 32.4 Å². The number of rotatable bonds is 7. The van der Waals surface area contributed by atoms with Crippen molar-refractivity contribution in [2.24, 2.45) is 0 Å². The van der Waals surface area contributed by atoms with Gasteiger partial charge in [0.15, 0.2) is 6.10 Å². The summed E-state index contributed by atoms with van der Waals surface area (Å²) in [6, 6.07) is 21.2. The van der Waals surface area contributed by atoms with E-state index in [2.05, 4.69) is 4.98 Å². The molecule has 6 heteroatoms. The molecule has 1 aromatic heterocycles. The zero-order valence-corrected chi connectivity index (χ0v) is 17.1. The van der Waals surface area contributed by atoms with Crippen molar-refractivity contribution in [1.82, 2.24) is 4.98 Å². The Bertz CT molecular complexity index is 1230.